The molecule has 0 fully saturated rings. The van der Waals surface area contributed by atoms with Crippen LogP contribution in [0.15, 0.2) is 52.1 Å². The van der Waals surface area contributed by atoms with Gasteiger partial charge in [0.05, 0.1) is 0 Å². The van der Waals surface area contributed by atoms with Crippen molar-refractivity contribution in [1.82, 2.24) is 4.98 Å². The van der Waals surface area contributed by atoms with E-state index in [0.29, 0.717) is 27.1 Å². The van der Waals surface area contributed by atoms with Crippen molar-refractivity contribution in [2.75, 3.05) is 0 Å². The molecule has 0 aliphatic heterocycles. The van der Waals surface area contributed by atoms with E-state index < -0.39 is 6.36 Å². The predicted octanol–water partition coefficient (Wildman–Crippen LogP) is 5.67. The highest BCUT2D eigenvalue weighted by molar-refractivity contribution is 7.98. The van der Waals surface area contributed by atoms with Crippen molar-refractivity contribution >= 4 is 34.5 Å². The number of oxazole rings is 1. The van der Waals surface area contributed by atoms with E-state index in [2.05, 4.69) is 9.72 Å². The SMILES string of the molecule is FC(F)(F)Oc1ccc(CSc2nc3ccc(Cl)cc3o2)cc1. The van der Waals surface area contributed by atoms with Crippen LogP contribution in [0.25, 0.3) is 11.1 Å². The maximum Gasteiger partial charge on any atom is 0.573 e. The molecular weight excluding hydrogens is 351 g/mol. The Morgan fingerprint density at radius 2 is 1.87 bits per heavy atom. The van der Waals surface area contributed by atoms with Gasteiger partial charge in [0.15, 0.2) is 5.58 Å². The third-order valence-electron chi connectivity index (χ3n) is 2.85. The minimum Gasteiger partial charge on any atom is -0.431 e. The van der Waals surface area contributed by atoms with Crippen LogP contribution in [0.1, 0.15) is 5.56 Å². The van der Waals surface area contributed by atoms with E-state index in [1.54, 1.807) is 30.3 Å². The van der Waals surface area contributed by atoms with Crippen LogP contribution in [0.4, 0.5) is 13.2 Å². The Kier molecular flexibility index (Phi) is 4.41. The fourth-order valence-electron chi connectivity index (χ4n) is 1.87. The molecule has 1 aromatic heterocycles. The third kappa shape index (κ3) is 4.33. The van der Waals surface area contributed by atoms with Gasteiger partial charge in [-0.2, -0.15) is 0 Å². The van der Waals surface area contributed by atoms with Crippen LogP contribution in [-0.4, -0.2) is 11.3 Å². The summed E-state index contributed by atoms with van der Waals surface area (Å²) >= 11 is 7.22. The van der Waals surface area contributed by atoms with Crippen molar-refractivity contribution in [3.05, 3.63) is 53.1 Å². The fourth-order valence-corrected chi connectivity index (χ4v) is 2.83. The Balaban J connectivity index is 1.65. The molecule has 0 spiro atoms. The van der Waals surface area contributed by atoms with Gasteiger partial charge < -0.3 is 9.15 Å². The van der Waals surface area contributed by atoms with Gasteiger partial charge in [-0.3, -0.25) is 0 Å². The van der Waals surface area contributed by atoms with E-state index in [9.17, 15) is 13.2 Å². The number of benzene rings is 2. The molecule has 0 radical (unpaired) electrons. The molecule has 0 aliphatic rings. The highest BCUT2D eigenvalue weighted by atomic mass is 35.5. The minimum absolute atomic E-state index is 0.247. The Morgan fingerprint density at radius 1 is 1.13 bits per heavy atom. The number of rotatable bonds is 4. The normalized spacial score (nSPS) is 11.8. The van der Waals surface area contributed by atoms with Gasteiger partial charge in [-0.25, -0.2) is 4.98 Å². The summed E-state index contributed by atoms with van der Waals surface area (Å²) in [5.41, 5.74) is 2.12. The summed E-state index contributed by atoms with van der Waals surface area (Å²) < 4.78 is 45.6. The predicted molar refractivity (Wildman–Crippen MR) is 81.7 cm³/mol. The van der Waals surface area contributed by atoms with Crippen molar-refractivity contribution in [1.29, 1.82) is 0 Å². The molecule has 0 bridgehead atoms. The molecule has 8 heteroatoms. The number of fused-ring (bicyclic) bond motifs is 1. The quantitative estimate of drug-likeness (QED) is 0.562. The number of nitrogens with zero attached hydrogens (tertiary/aromatic N) is 1. The van der Waals surface area contributed by atoms with Crippen LogP contribution in [0.2, 0.25) is 5.02 Å². The molecule has 0 saturated carbocycles. The first-order valence-electron chi connectivity index (χ1n) is 6.43. The van der Waals surface area contributed by atoms with Crippen molar-refractivity contribution in [3.8, 4) is 5.75 Å². The largest absolute Gasteiger partial charge is 0.573 e. The lowest BCUT2D eigenvalue weighted by Crippen LogP contribution is -2.16. The van der Waals surface area contributed by atoms with Crippen LogP contribution in [-0.2, 0) is 5.75 Å². The highest BCUT2D eigenvalue weighted by Gasteiger charge is 2.30. The number of hydrogen-bond donors (Lipinski definition) is 0. The summed E-state index contributed by atoms with van der Waals surface area (Å²) in [6, 6.07) is 10.8. The van der Waals surface area contributed by atoms with Gasteiger partial charge in [-0.05, 0) is 29.8 Å². The number of ether oxygens (including phenoxy) is 1. The average Bonchev–Trinajstić information content (AvgIpc) is 2.87. The monoisotopic (exact) mass is 359 g/mol. The standard InChI is InChI=1S/C15H9ClF3NO2S/c16-10-3-6-12-13(7-10)21-14(20-12)23-8-9-1-4-11(5-2-9)22-15(17,18)19/h1-7H,8H2. The minimum atomic E-state index is -4.68. The van der Waals surface area contributed by atoms with Crippen LogP contribution in [0.3, 0.4) is 0 Å². The zero-order chi connectivity index (χ0) is 16.4. The van der Waals surface area contributed by atoms with Gasteiger partial charge in [0.25, 0.3) is 5.22 Å². The van der Waals surface area contributed by atoms with Crippen LogP contribution in [0, 0.1) is 0 Å². The summed E-state index contributed by atoms with van der Waals surface area (Å²) in [4.78, 5) is 4.30. The lowest BCUT2D eigenvalue weighted by atomic mass is 10.2. The Hall–Kier alpha value is -1.86. The molecule has 3 nitrogen and oxygen atoms in total. The molecule has 3 rings (SSSR count). The maximum absolute atomic E-state index is 12.1. The number of alkyl halides is 3. The fraction of sp³-hybridized carbons (Fsp3) is 0.133. The van der Waals surface area contributed by atoms with Gasteiger partial charge >= 0.3 is 6.36 Å². The van der Waals surface area contributed by atoms with Crippen LogP contribution < -0.4 is 4.74 Å². The molecule has 0 atom stereocenters. The lowest BCUT2D eigenvalue weighted by Gasteiger charge is -2.08. The van der Waals surface area contributed by atoms with E-state index in [1.807, 2.05) is 0 Å². The first kappa shape index (κ1) is 16.0. The van der Waals surface area contributed by atoms with E-state index in [4.69, 9.17) is 16.0 Å². The second kappa shape index (κ2) is 6.33. The van der Waals surface area contributed by atoms with Gasteiger partial charge in [0, 0.05) is 16.8 Å². The van der Waals surface area contributed by atoms with Gasteiger partial charge in [0.2, 0.25) is 0 Å². The zero-order valence-electron chi connectivity index (χ0n) is 11.4. The first-order valence-corrected chi connectivity index (χ1v) is 7.79. The molecule has 0 unspecified atom stereocenters. The second-order valence-electron chi connectivity index (χ2n) is 4.57. The Labute approximate surface area is 138 Å². The first-order chi connectivity index (χ1) is 10.9. The summed E-state index contributed by atoms with van der Waals surface area (Å²) in [7, 11) is 0. The van der Waals surface area contributed by atoms with Crippen LogP contribution in [0.5, 0.6) is 5.75 Å². The summed E-state index contributed by atoms with van der Waals surface area (Å²) in [5, 5.41) is 1.03. The van der Waals surface area contributed by atoms with Crippen molar-refractivity contribution in [2.24, 2.45) is 0 Å². The van der Waals surface area contributed by atoms with Gasteiger partial charge in [0.1, 0.15) is 11.3 Å². The summed E-state index contributed by atoms with van der Waals surface area (Å²) in [6.07, 6.45) is -4.68. The lowest BCUT2D eigenvalue weighted by molar-refractivity contribution is -0.274. The van der Waals surface area contributed by atoms with E-state index >= 15 is 0 Å². The molecule has 2 aromatic carbocycles. The Morgan fingerprint density at radius 3 is 2.57 bits per heavy atom. The Bertz CT molecular complexity index is 818. The van der Waals surface area contributed by atoms with Crippen molar-refractivity contribution < 1.29 is 22.3 Å². The summed E-state index contributed by atoms with van der Waals surface area (Å²) in [5.74, 6) is 0.259. The average molecular weight is 360 g/mol. The molecule has 0 N–H and O–H groups in total. The molecule has 3 aromatic rings. The molecule has 23 heavy (non-hydrogen) atoms. The van der Waals surface area contributed by atoms with E-state index in [1.165, 1.54) is 23.9 Å². The number of hydrogen-bond acceptors (Lipinski definition) is 4. The molecule has 0 amide bonds. The molecule has 0 aliphatic carbocycles. The molecule has 1 heterocycles. The van der Waals surface area contributed by atoms with Crippen LogP contribution >= 0.6 is 23.4 Å². The third-order valence-corrected chi connectivity index (χ3v) is 3.98. The second-order valence-corrected chi connectivity index (χ2v) is 5.94. The maximum atomic E-state index is 12.1. The molecule has 0 saturated heterocycles. The summed E-state index contributed by atoms with van der Waals surface area (Å²) in [6.45, 7) is 0. The number of halogens is 4. The number of thioether (sulfide) groups is 1. The van der Waals surface area contributed by atoms with Gasteiger partial charge in [-0.15, -0.1) is 13.2 Å². The zero-order valence-corrected chi connectivity index (χ0v) is 13.0. The van der Waals surface area contributed by atoms with Gasteiger partial charge in [-0.1, -0.05) is 35.5 Å². The highest BCUT2D eigenvalue weighted by Crippen LogP contribution is 2.29. The molecular formula is C15H9ClF3NO2S. The number of aromatic nitrogens is 1. The van der Waals surface area contributed by atoms with Crippen molar-refractivity contribution in [3.63, 3.8) is 0 Å². The van der Waals surface area contributed by atoms with E-state index in [0.717, 1.165) is 5.56 Å². The molecule has 120 valence electrons. The van der Waals surface area contributed by atoms with Crippen molar-refractivity contribution in [2.45, 2.75) is 17.3 Å². The topological polar surface area (TPSA) is 35.3 Å². The smallest absolute Gasteiger partial charge is 0.431 e. The van der Waals surface area contributed by atoms with E-state index in [-0.39, 0.29) is 5.75 Å².